The van der Waals surface area contributed by atoms with Gasteiger partial charge in [-0.15, -0.1) is 0 Å². The number of nitrogens with zero attached hydrogens (tertiary/aromatic N) is 4. The lowest BCUT2D eigenvalue weighted by atomic mass is 9.89. The number of hydrogen-bond acceptors (Lipinski definition) is 9. The van der Waals surface area contributed by atoms with Gasteiger partial charge in [0.05, 0.1) is 24.2 Å². The van der Waals surface area contributed by atoms with Crippen molar-refractivity contribution in [1.82, 2.24) is 9.97 Å². The standard InChI is InChI=1S/C26H29F3N6O3.C2HF3O2/c1-3-38-21-7-5-4-6-20(21)34-10-12-35(13-11-34)23-22(30)32-15-19(33-23)18-14-17(9-8-16(18)2)25(37,24(31)36)26(27,28)29;3-2(4,5)1(6)7/h4-9,14-15,37H,3,10-13H2,1-2H3,(H2,30,32)(H2,31,36);(H,6,7). The summed E-state index contributed by atoms with van der Waals surface area (Å²) in [6.07, 6.45) is -9.06. The summed E-state index contributed by atoms with van der Waals surface area (Å²) in [6.45, 7) is 6.59. The average Bonchev–Trinajstić information content (AvgIpc) is 2.97. The second kappa shape index (κ2) is 13.5. The van der Waals surface area contributed by atoms with Crippen molar-refractivity contribution in [2.24, 2.45) is 5.73 Å². The van der Waals surface area contributed by atoms with Gasteiger partial charge in [0.1, 0.15) is 5.75 Å². The first-order valence-corrected chi connectivity index (χ1v) is 13.3. The van der Waals surface area contributed by atoms with Gasteiger partial charge in [-0.2, -0.15) is 26.3 Å². The third-order valence-corrected chi connectivity index (χ3v) is 6.81. The average molecular weight is 645 g/mol. The Kier molecular flexibility index (Phi) is 10.4. The van der Waals surface area contributed by atoms with Crippen LogP contribution in [0.3, 0.4) is 0 Å². The van der Waals surface area contributed by atoms with E-state index in [4.69, 9.17) is 26.1 Å². The third kappa shape index (κ3) is 7.65. The number of amides is 1. The van der Waals surface area contributed by atoms with E-state index in [1.807, 2.05) is 36.1 Å². The Morgan fingerprint density at radius 2 is 1.58 bits per heavy atom. The Balaban J connectivity index is 0.000000707. The molecule has 244 valence electrons. The number of aliphatic carboxylic acids is 1. The van der Waals surface area contributed by atoms with Crippen LogP contribution in [0.4, 0.5) is 43.7 Å². The summed E-state index contributed by atoms with van der Waals surface area (Å²) in [7, 11) is 0. The fourth-order valence-electron chi connectivity index (χ4n) is 4.47. The normalized spacial score (nSPS) is 15.0. The molecule has 1 saturated heterocycles. The number of aromatic nitrogens is 2. The van der Waals surface area contributed by atoms with E-state index >= 15 is 0 Å². The Morgan fingerprint density at radius 1 is 1.00 bits per heavy atom. The minimum Gasteiger partial charge on any atom is -0.492 e. The van der Waals surface area contributed by atoms with Gasteiger partial charge in [0.15, 0.2) is 11.6 Å². The summed E-state index contributed by atoms with van der Waals surface area (Å²) in [6, 6.07) is 11.2. The molecule has 4 rings (SSSR count). The number of aryl methyl sites for hydroxylation is 1. The molecule has 1 unspecified atom stereocenters. The number of benzene rings is 2. The zero-order valence-electron chi connectivity index (χ0n) is 24.0. The van der Waals surface area contributed by atoms with Gasteiger partial charge in [-0.1, -0.05) is 24.3 Å². The fourth-order valence-corrected chi connectivity index (χ4v) is 4.47. The van der Waals surface area contributed by atoms with E-state index in [1.54, 1.807) is 6.92 Å². The molecule has 0 spiro atoms. The van der Waals surface area contributed by atoms with Gasteiger partial charge in [0.2, 0.25) is 0 Å². The summed E-state index contributed by atoms with van der Waals surface area (Å²) in [4.78, 5) is 33.6. The fraction of sp³-hybridized carbons (Fsp3) is 0.357. The number of carboxylic acid groups (broad SMARTS) is 1. The van der Waals surface area contributed by atoms with Crippen LogP contribution in [0.1, 0.15) is 18.1 Å². The highest BCUT2D eigenvalue weighted by atomic mass is 19.4. The summed E-state index contributed by atoms with van der Waals surface area (Å²) in [5, 5.41) is 17.4. The molecule has 17 heteroatoms. The van der Waals surface area contributed by atoms with E-state index < -0.39 is 35.4 Å². The number of nitrogen functional groups attached to an aromatic ring is 1. The molecule has 1 aliphatic rings. The van der Waals surface area contributed by atoms with Crippen molar-refractivity contribution in [3.63, 3.8) is 0 Å². The van der Waals surface area contributed by atoms with E-state index in [1.165, 1.54) is 12.3 Å². The highest BCUT2D eigenvalue weighted by molar-refractivity contribution is 5.86. The quantitative estimate of drug-likeness (QED) is 0.279. The number of carboxylic acids is 1. The molecule has 0 bridgehead atoms. The molecule has 2 aromatic carbocycles. The van der Waals surface area contributed by atoms with Gasteiger partial charge < -0.3 is 36.2 Å². The lowest BCUT2D eigenvalue weighted by Crippen LogP contribution is -2.52. The number of anilines is 3. The molecule has 1 aromatic heterocycles. The van der Waals surface area contributed by atoms with E-state index in [0.717, 1.165) is 23.6 Å². The predicted octanol–water partition coefficient (Wildman–Crippen LogP) is 3.63. The van der Waals surface area contributed by atoms with Gasteiger partial charge >= 0.3 is 18.3 Å². The Bertz CT molecular complexity index is 1530. The van der Waals surface area contributed by atoms with E-state index in [2.05, 4.69) is 14.9 Å². The Hall–Kier alpha value is -4.80. The molecular weight excluding hydrogens is 614 g/mol. The molecule has 6 N–H and O–H groups in total. The van der Waals surface area contributed by atoms with Crippen LogP contribution < -0.4 is 26.0 Å². The first kappa shape index (κ1) is 34.7. The highest BCUT2D eigenvalue weighted by Gasteiger charge is 2.60. The van der Waals surface area contributed by atoms with Crippen molar-refractivity contribution in [2.75, 3.05) is 48.3 Å². The largest absolute Gasteiger partial charge is 0.492 e. The minimum atomic E-state index is -5.32. The summed E-state index contributed by atoms with van der Waals surface area (Å²) in [5.41, 5.74) is 8.59. The maximum Gasteiger partial charge on any atom is 0.490 e. The summed E-state index contributed by atoms with van der Waals surface area (Å²) in [5.74, 6) is -3.31. The second-order valence-corrected chi connectivity index (χ2v) is 9.74. The molecule has 1 aliphatic heterocycles. The molecular formula is C28H30F6N6O5. The second-order valence-electron chi connectivity index (χ2n) is 9.74. The lowest BCUT2D eigenvalue weighted by Gasteiger charge is -2.37. The minimum absolute atomic E-state index is 0.176. The number of aliphatic hydroxyl groups is 1. The number of primary amides is 1. The van der Waals surface area contributed by atoms with E-state index in [-0.39, 0.29) is 17.1 Å². The van der Waals surface area contributed by atoms with E-state index in [9.17, 15) is 36.2 Å². The lowest BCUT2D eigenvalue weighted by molar-refractivity contribution is -0.255. The van der Waals surface area contributed by atoms with E-state index in [0.29, 0.717) is 44.2 Å². The summed E-state index contributed by atoms with van der Waals surface area (Å²) < 4.78 is 78.4. The predicted molar refractivity (Wildman–Crippen MR) is 151 cm³/mol. The topological polar surface area (TPSA) is 168 Å². The van der Waals surface area contributed by atoms with Crippen molar-refractivity contribution >= 4 is 29.2 Å². The van der Waals surface area contributed by atoms with Crippen LogP contribution in [-0.4, -0.2) is 77.2 Å². The molecule has 3 aromatic rings. The molecule has 45 heavy (non-hydrogen) atoms. The van der Waals surface area contributed by atoms with Gasteiger partial charge in [-0.25, -0.2) is 14.8 Å². The number of alkyl halides is 6. The molecule has 1 fully saturated rings. The molecule has 0 aliphatic carbocycles. The van der Waals surface area contributed by atoms with Crippen molar-refractivity contribution in [3.05, 3.63) is 59.8 Å². The maximum absolute atomic E-state index is 13.6. The summed E-state index contributed by atoms with van der Waals surface area (Å²) >= 11 is 0. The number of ether oxygens (including phenoxy) is 1. The van der Waals surface area contributed by atoms with Crippen LogP contribution in [0.5, 0.6) is 5.75 Å². The number of nitrogens with two attached hydrogens (primary N) is 2. The number of carbonyl (C=O) groups is 2. The van der Waals surface area contributed by atoms with Crippen molar-refractivity contribution in [3.8, 4) is 17.0 Å². The van der Waals surface area contributed by atoms with Gasteiger partial charge in [0.25, 0.3) is 11.5 Å². The van der Waals surface area contributed by atoms with Crippen molar-refractivity contribution in [1.29, 1.82) is 0 Å². The van der Waals surface area contributed by atoms with Crippen molar-refractivity contribution in [2.45, 2.75) is 31.8 Å². The number of halogens is 6. The molecule has 11 nitrogen and oxygen atoms in total. The molecule has 1 atom stereocenters. The zero-order chi connectivity index (χ0) is 33.7. The number of piperazine rings is 1. The van der Waals surface area contributed by atoms with Crippen LogP contribution in [0, 0.1) is 6.92 Å². The maximum atomic E-state index is 13.6. The van der Waals surface area contributed by atoms with Gasteiger partial charge in [-0.05, 0) is 37.6 Å². The molecule has 0 saturated carbocycles. The van der Waals surface area contributed by atoms with Crippen LogP contribution in [0.2, 0.25) is 0 Å². The number of carbonyl (C=O) groups excluding carboxylic acids is 1. The zero-order valence-corrected chi connectivity index (χ0v) is 24.0. The molecule has 2 heterocycles. The smallest absolute Gasteiger partial charge is 0.490 e. The number of rotatable bonds is 7. The molecule has 1 amide bonds. The Morgan fingerprint density at radius 3 is 2.11 bits per heavy atom. The monoisotopic (exact) mass is 644 g/mol. The number of hydrogen-bond donors (Lipinski definition) is 4. The van der Waals surface area contributed by atoms with Crippen LogP contribution in [0.15, 0.2) is 48.7 Å². The highest BCUT2D eigenvalue weighted by Crippen LogP contribution is 2.41. The van der Waals surface area contributed by atoms with Crippen LogP contribution in [0.25, 0.3) is 11.3 Å². The van der Waals surface area contributed by atoms with Gasteiger partial charge in [-0.3, -0.25) is 4.79 Å². The van der Waals surface area contributed by atoms with Gasteiger partial charge in [0, 0.05) is 37.3 Å². The first-order valence-electron chi connectivity index (χ1n) is 13.3. The van der Waals surface area contributed by atoms with Crippen LogP contribution >= 0.6 is 0 Å². The van der Waals surface area contributed by atoms with Crippen molar-refractivity contribution < 1.29 is 50.9 Å². The van der Waals surface area contributed by atoms with Crippen LogP contribution in [-0.2, 0) is 15.2 Å². The first-order chi connectivity index (χ1) is 20.9. The third-order valence-electron chi connectivity index (χ3n) is 6.81. The Labute approximate surface area is 253 Å². The number of para-hydroxylation sites is 2. The SMILES string of the molecule is CCOc1ccccc1N1CCN(c2nc(-c3cc(C(O)(C(N)=O)C(F)(F)F)ccc3C)cnc2N)CC1.O=C(O)C(F)(F)F. The molecule has 0 radical (unpaired) electrons.